The minimum Gasteiger partial charge on any atom is -0.508 e. The Morgan fingerprint density at radius 1 is 1.38 bits per heavy atom. The molecule has 1 aromatic carbocycles. The van der Waals surface area contributed by atoms with Gasteiger partial charge in [0, 0.05) is 6.07 Å². The van der Waals surface area contributed by atoms with Crippen LogP contribution in [-0.2, 0) is 18.0 Å². The normalized spacial score (nSPS) is 14.0. The SMILES string of the molecule is O=c1c2c([nH]n1-c1cccc(O)c1)COC2. The summed E-state index contributed by atoms with van der Waals surface area (Å²) in [6.45, 7) is 0.798. The number of nitrogens with zero attached hydrogens (tertiary/aromatic N) is 1. The Morgan fingerprint density at radius 3 is 3.00 bits per heavy atom. The Labute approximate surface area is 90.9 Å². The summed E-state index contributed by atoms with van der Waals surface area (Å²) in [4.78, 5) is 11.9. The molecule has 5 heteroatoms. The van der Waals surface area contributed by atoms with Gasteiger partial charge in [-0.1, -0.05) is 6.07 Å². The van der Waals surface area contributed by atoms with Crippen molar-refractivity contribution in [3.8, 4) is 11.4 Å². The summed E-state index contributed by atoms with van der Waals surface area (Å²) in [5, 5.41) is 12.3. The zero-order chi connectivity index (χ0) is 11.1. The van der Waals surface area contributed by atoms with Gasteiger partial charge >= 0.3 is 0 Å². The number of benzene rings is 1. The second kappa shape index (κ2) is 3.24. The molecule has 1 aliphatic rings. The molecule has 5 nitrogen and oxygen atoms in total. The molecular formula is C11H10N2O3. The van der Waals surface area contributed by atoms with Crippen LogP contribution in [0.4, 0.5) is 0 Å². The van der Waals surface area contributed by atoms with Crippen molar-refractivity contribution in [3.05, 3.63) is 45.9 Å². The van der Waals surface area contributed by atoms with E-state index in [1.165, 1.54) is 10.7 Å². The zero-order valence-corrected chi connectivity index (χ0v) is 8.43. The van der Waals surface area contributed by atoms with Crippen LogP contribution in [0.15, 0.2) is 29.1 Å². The van der Waals surface area contributed by atoms with Gasteiger partial charge in [-0.3, -0.25) is 9.89 Å². The summed E-state index contributed by atoms with van der Waals surface area (Å²) in [6, 6.07) is 6.55. The number of fused-ring (bicyclic) bond motifs is 1. The third kappa shape index (κ3) is 1.25. The van der Waals surface area contributed by atoms with E-state index in [1.54, 1.807) is 18.2 Å². The number of phenolic OH excluding ortho intramolecular Hbond substituents is 1. The van der Waals surface area contributed by atoms with Crippen LogP contribution < -0.4 is 5.56 Å². The van der Waals surface area contributed by atoms with Crippen molar-refractivity contribution < 1.29 is 9.84 Å². The largest absolute Gasteiger partial charge is 0.508 e. The topological polar surface area (TPSA) is 67.2 Å². The van der Waals surface area contributed by atoms with E-state index in [0.717, 1.165) is 5.69 Å². The molecule has 0 saturated heterocycles. The van der Waals surface area contributed by atoms with Crippen LogP contribution in [0, 0.1) is 0 Å². The van der Waals surface area contributed by atoms with Crippen LogP contribution in [0.3, 0.4) is 0 Å². The highest BCUT2D eigenvalue weighted by Crippen LogP contribution is 2.17. The van der Waals surface area contributed by atoms with Crippen LogP contribution in [-0.4, -0.2) is 14.9 Å². The van der Waals surface area contributed by atoms with E-state index in [-0.39, 0.29) is 11.3 Å². The van der Waals surface area contributed by atoms with Gasteiger partial charge in [-0.15, -0.1) is 0 Å². The number of hydrogen-bond acceptors (Lipinski definition) is 3. The fourth-order valence-corrected chi connectivity index (χ4v) is 1.85. The molecule has 0 fully saturated rings. The number of rotatable bonds is 1. The molecule has 0 bridgehead atoms. The van der Waals surface area contributed by atoms with Gasteiger partial charge in [-0.2, -0.15) is 0 Å². The molecule has 2 aromatic rings. The monoisotopic (exact) mass is 218 g/mol. The summed E-state index contributed by atoms with van der Waals surface area (Å²) < 4.78 is 6.58. The quantitative estimate of drug-likeness (QED) is 0.747. The lowest BCUT2D eigenvalue weighted by atomic mass is 10.3. The highest BCUT2D eigenvalue weighted by molar-refractivity contribution is 5.39. The number of ether oxygens (including phenoxy) is 1. The van der Waals surface area contributed by atoms with Gasteiger partial charge in [-0.25, -0.2) is 4.68 Å². The third-order valence-electron chi connectivity index (χ3n) is 2.65. The Kier molecular flexibility index (Phi) is 1.87. The molecule has 16 heavy (non-hydrogen) atoms. The number of nitrogens with one attached hydrogen (secondary N) is 1. The van der Waals surface area contributed by atoms with Crippen molar-refractivity contribution in [1.29, 1.82) is 0 Å². The van der Waals surface area contributed by atoms with Gasteiger partial charge < -0.3 is 9.84 Å². The number of phenols is 1. The number of hydrogen-bond donors (Lipinski definition) is 2. The molecule has 2 heterocycles. The molecule has 2 N–H and O–H groups in total. The third-order valence-corrected chi connectivity index (χ3v) is 2.65. The van der Waals surface area contributed by atoms with Crippen molar-refractivity contribution in [2.45, 2.75) is 13.2 Å². The van der Waals surface area contributed by atoms with E-state index in [9.17, 15) is 9.90 Å². The highest BCUT2D eigenvalue weighted by atomic mass is 16.5. The van der Waals surface area contributed by atoms with Crippen LogP contribution in [0.1, 0.15) is 11.3 Å². The maximum absolute atomic E-state index is 11.9. The first-order valence-corrected chi connectivity index (χ1v) is 4.95. The molecule has 3 rings (SSSR count). The number of aromatic amines is 1. The molecule has 0 radical (unpaired) electrons. The van der Waals surface area contributed by atoms with Crippen molar-refractivity contribution in [2.24, 2.45) is 0 Å². The molecule has 1 aromatic heterocycles. The highest BCUT2D eigenvalue weighted by Gasteiger charge is 2.20. The van der Waals surface area contributed by atoms with E-state index >= 15 is 0 Å². The second-order valence-electron chi connectivity index (χ2n) is 3.72. The van der Waals surface area contributed by atoms with Gasteiger partial charge in [0.05, 0.1) is 30.2 Å². The van der Waals surface area contributed by atoms with Crippen LogP contribution >= 0.6 is 0 Å². The lowest BCUT2D eigenvalue weighted by Gasteiger charge is -2.02. The lowest BCUT2D eigenvalue weighted by molar-refractivity contribution is 0.130. The van der Waals surface area contributed by atoms with Crippen molar-refractivity contribution in [2.75, 3.05) is 0 Å². The molecule has 0 aliphatic carbocycles. The Morgan fingerprint density at radius 2 is 2.25 bits per heavy atom. The predicted molar refractivity (Wildman–Crippen MR) is 56.5 cm³/mol. The average molecular weight is 218 g/mol. The number of aromatic hydroxyl groups is 1. The van der Waals surface area contributed by atoms with Crippen molar-refractivity contribution in [3.63, 3.8) is 0 Å². The van der Waals surface area contributed by atoms with Crippen molar-refractivity contribution >= 4 is 0 Å². The summed E-state index contributed by atoms with van der Waals surface area (Å²) in [5.74, 6) is 0.135. The molecular weight excluding hydrogens is 208 g/mol. The fourth-order valence-electron chi connectivity index (χ4n) is 1.85. The molecule has 0 spiro atoms. The Balaban J connectivity index is 2.18. The number of aromatic nitrogens is 2. The molecule has 0 atom stereocenters. The second-order valence-corrected chi connectivity index (χ2v) is 3.72. The summed E-state index contributed by atoms with van der Waals surface area (Å²) >= 11 is 0. The molecule has 1 aliphatic heterocycles. The van der Waals surface area contributed by atoms with Gasteiger partial charge in [0.1, 0.15) is 5.75 Å². The van der Waals surface area contributed by atoms with Crippen LogP contribution in [0.2, 0.25) is 0 Å². The van der Waals surface area contributed by atoms with Gasteiger partial charge in [-0.05, 0) is 12.1 Å². The van der Waals surface area contributed by atoms with E-state index in [1.807, 2.05) is 0 Å². The minimum absolute atomic E-state index is 0.113. The zero-order valence-electron chi connectivity index (χ0n) is 8.43. The van der Waals surface area contributed by atoms with Gasteiger partial charge in [0.25, 0.3) is 5.56 Å². The smallest absolute Gasteiger partial charge is 0.277 e. The van der Waals surface area contributed by atoms with Crippen molar-refractivity contribution in [1.82, 2.24) is 9.78 Å². The van der Waals surface area contributed by atoms with E-state index in [2.05, 4.69) is 5.10 Å². The summed E-state index contributed by atoms with van der Waals surface area (Å²) in [6.07, 6.45) is 0. The first kappa shape index (κ1) is 9.23. The molecule has 0 unspecified atom stereocenters. The lowest BCUT2D eigenvalue weighted by Crippen LogP contribution is -2.17. The van der Waals surface area contributed by atoms with E-state index in [0.29, 0.717) is 24.5 Å². The molecule has 82 valence electrons. The predicted octanol–water partition coefficient (Wildman–Crippen LogP) is 0.901. The first-order valence-electron chi connectivity index (χ1n) is 4.95. The maximum Gasteiger partial charge on any atom is 0.277 e. The summed E-state index contributed by atoms with van der Waals surface area (Å²) in [5.41, 5.74) is 1.99. The fraction of sp³-hybridized carbons (Fsp3) is 0.182. The first-order chi connectivity index (χ1) is 7.75. The van der Waals surface area contributed by atoms with E-state index in [4.69, 9.17) is 4.74 Å². The molecule has 0 amide bonds. The van der Waals surface area contributed by atoms with Crippen LogP contribution in [0.5, 0.6) is 5.75 Å². The maximum atomic E-state index is 11.9. The summed E-state index contributed by atoms with van der Waals surface area (Å²) in [7, 11) is 0. The van der Waals surface area contributed by atoms with Gasteiger partial charge in [0.15, 0.2) is 0 Å². The molecule has 0 saturated carbocycles. The average Bonchev–Trinajstić information content (AvgIpc) is 2.82. The minimum atomic E-state index is -0.113. The van der Waals surface area contributed by atoms with E-state index < -0.39 is 0 Å². The van der Waals surface area contributed by atoms with Crippen LogP contribution in [0.25, 0.3) is 5.69 Å². The Bertz CT molecular complexity index is 598. The number of H-pyrrole nitrogens is 1. The van der Waals surface area contributed by atoms with Gasteiger partial charge in [0.2, 0.25) is 0 Å². The Hall–Kier alpha value is -2.01. The standard InChI is InChI=1S/C11H10N2O3/c14-8-3-1-2-7(4-8)13-11(15)9-5-16-6-10(9)12-13/h1-4,12,14H,5-6H2.